The molecule has 2 rings (SSSR count). The lowest BCUT2D eigenvalue weighted by Crippen LogP contribution is -2.15. The lowest BCUT2D eigenvalue weighted by Gasteiger charge is -2.06. The molecule has 0 aliphatic carbocycles. The first-order valence-electron chi connectivity index (χ1n) is 4.53. The number of ether oxygens (including phenoxy) is 1. The third-order valence-corrected chi connectivity index (χ3v) is 2.82. The van der Waals surface area contributed by atoms with Crippen LogP contribution in [0.3, 0.4) is 0 Å². The van der Waals surface area contributed by atoms with Crippen molar-refractivity contribution in [2.24, 2.45) is 5.73 Å². The lowest BCUT2D eigenvalue weighted by atomic mass is 10.3. The van der Waals surface area contributed by atoms with Crippen molar-refractivity contribution in [3.63, 3.8) is 0 Å². The fraction of sp³-hybridized carbons (Fsp3) is 0.100. The van der Waals surface area contributed by atoms with E-state index in [9.17, 15) is 4.79 Å². The van der Waals surface area contributed by atoms with E-state index in [1.165, 1.54) is 13.2 Å². The Morgan fingerprint density at radius 1 is 1.24 bits per heavy atom. The number of benzene rings is 1. The highest BCUT2D eigenvalue weighted by molar-refractivity contribution is 6.42. The third-order valence-electron chi connectivity index (χ3n) is 2.10. The maximum Gasteiger partial charge on any atom is 0.272 e. The van der Waals surface area contributed by atoms with Crippen LogP contribution in [0.25, 0.3) is 11.0 Å². The van der Waals surface area contributed by atoms with E-state index in [4.69, 9.17) is 33.7 Å². The predicted molar refractivity (Wildman–Crippen MR) is 64.6 cm³/mol. The molecule has 0 aliphatic rings. The number of aromatic nitrogens is 2. The number of amides is 1. The number of carbonyl (C=O) groups is 1. The quantitative estimate of drug-likeness (QED) is 0.907. The molecular weight excluding hydrogens is 265 g/mol. The number of primary amides is 1. The number of hydrogen-bond acceptors (Lipinski definition) is 4. The van der Waals surface area contributed by atoms with Crippen molar-refractivity contribution in [1.82, 2.24) is 9.97 Å². The summed E-state index contributed by atoms with van der Waals surface area (Å²) in [5.74, 6) is -0.661. The van der Waals surface area contributed by atoms with Gasteiger partial charge in [0.15, 0.2) is 5.69 Å². The minimum Gasteiger partial charge on any atom is -0.479 e. The fourth-order valence-electron chi connectivity index (χ4n) is 1.34. The molecule has 5 nitrogen and oxygen atoms in total. The Morgan fingerprint density at radius 3 is 2.24 bits per heavy atom. The number of fused-ring (bicyclic) bond motifs is 1. The fourth-order valence-corrected chi connectivity index (χ4v) is 1.65. The van der Waals surface area contributed by atoms with Crippen molar-refractivity contribution in [1.29, 1.82) is 0 Å². The number of carbonyl (C=O) groups excluding carboxylic acids is 1. The van der Waals surface area contributed by atoms with Crippen LogP contribution in [0.5, 0.6) is 5.88 Å². The molecule has 0 spiro atoms. The Labute approximate surface area is 107 Å². The van der Waals surface area contributed by atoms with Gasteiger partial charge in [0, 0.05) is 0 Å². The molecule has 7 heteroatoms. The van der Waals surface area contributed by atoms with E-state index in [-0.39, 0.29) is 11.6 Å². The predicted octanol–water partition coefficient (Wildman–Crippen LogP) is 2.04. The number of hydrogen-bond donors (Lipinski definition) is 1. The van der Waals surface area contributed by atoms with Gasteiger partial charge in [0.25, 0.3) is 5.91 Å². The third kappa shape index (κ3) is 2.11. The van der Waals surface area contributed by atoms with Crippen LogP contribution in [0, 0.1) is 0 Å². The average Bonchev–Trinajstić information content (AvgIpc) is 2.29. The summed E-state index contributed by atoms with van der Waals surface area (Å²) in [4.78, 5) is 19.3. The van der Waals surface area contributed by atoms with Crippen LogP contribution in [0.1, 0.15) is 10.5 Å². The first-order chi connectivity index (χ1) is 8.02. The molecule has 0 aliphatic heterocycles. The molecular formula is C10H7Cl2N3O2. The van der Waals surface area contributed by atoms with Crippen LogP contribution in [0.2, 0.25) is 10.0 Å². The van der Waals surface area contributed by atoms with Crippen LogP contribution in [0.15, 0.2) is 12.1 Å². The topological polar surface area (TPSA) is 78.1 Å². The first kappa shape index (κ1) is 11.9. The van der Waals surface area contributed by atoms with Crippen LogP contribution in [0.4, 0.5) is 0 Å². The zero-order valence-electron chi connectivity index (χ0n) is 8.70. The van der Waals surface area contributed by atoms with Crippen molar-refractivity contribution in [3.8, 4) is 5.88 Å². The van der Waals surface area contributed by atoms with Gasteiger partial charge in [-0.1, -0.05) is 23.2 Å². The Bertz CT molecular complexity index is 616. The molecule has 1 amide bonds. The van der Waals surface area contributed by atoms with Gasteiger partial charge in [-0.3, -0.25) is 4.79 Å². The highest BCUT2D eigenvalue weighted by Gasteiger charge is 2.15. The van der Waals surface area contributed by atoms with Crippen molar-refractivity contribution in [2.75, 3.05) is 7.11 Å². The second kappa shape index (κ2) is 4.35. The second-order valence-electron chi connectivity index (χ2n) is 3.20. The van der Waals surface area contributed by atoms with Crippen LogP contribution >= 0.6 is 23.2 Å². The molecule has 0 saturated carbocycles. The smallest absolute Gasteiger partial charge is 0.272 e. The Kier molecular flexibility index (Phi) is 3.04. The molecule has 2 N–H and O–H groups in total. The van der Waals surface area contributed by atoms with Gasteiger partial charge in [0.2, 0.25) is 5.88 Å². The van der Waals surface area contributed by atoms with E-state index in [1.807, 2.05) is 0 Å². The van der Waals surface area contributed by atoms with E-state index in [1.54, 1.807) is 6.07 Å². The summed E-state index contributed by atoms with van der Waals surface area (Å²) in [7, 11) is 1.37. The lowest BCUT2D eigenvalue weighted by molar-refractivity contribution is 0.0992. The van der Waals surface area contributed by atoms with E-state index < -0.39 is 5.91 Å². The van der Waals surface area contributed by atoms with Gasteiger partial charge in [-0.2, -0.15) is 0 Å². The largest absolute Gasteiger partial charge is 0.479 e. The average molecular weight is 272 g/mol. The highest BCUT2D eigenvalue weighted by atomic mass is 35.5. The summed E-state index contributed by atoms with van der Waals surface area (Å²) in [5, 5.41) is 0.677. The van der Waals surface area contributed by atoms with Gasteiger partial charge in [0.05, 0.1) is 28.2 Å². The molecule has 0 fully saturated rings. The van der Waals surface area contributed by atoms with Crippen LogP contribution in [-0.2, 0) is 0 Å². The summed E-state index contributed by atoms with van der Waals surface area (Å²) in [6.45, 7) is 0. The van der Waals surface area contributed by atoms with Crippen molar-refractivity contribution in [2.45, 2.75) is 0 Å². The van der Waals surface area contributed by atoms with E-state index in [0.717, 1.165) is 0 Å². The Morgan fingerprint density at radius 2 is 1.76 bits per heavy atom. The van der Waals surface area contributed by atoms with E-state index in [0.29, 0.717) is 21.1 Å². The minimum absolute atomic E-state index is 0.0432. The number of rotatable bonds is 2. The monoisotopic (exact) mass is 271 g/mol. The SMILES string of the molecule is COc1nc2cc(Cl)c(Cl)cc2nc1C(N)=O. The molecule has 1 heterocycles. The second-order valence-corrected chi connectivity index (χ2v) is 4.02. The molecule has 17 heavy (non-hydrogen) atoms. The Balaban J connectivity index is 2.78. The number of methoxy groups -OCH3 is 1. The number of halogens is 2. The summed E-state index contributed by atoms with van der Waals surface area (Å²) >= 11 is 11.7. The molecule has 0 unspecified atom stereocenters. The minimum atomic E-state index is -0.720. The molecule has 1 aromatic carbocycles. The molecule has 88 valence electrons. The molecule has 0 atom stereocenters. The van der Waals surface area contributed by atoms with Crippen molar-refractivity contribution in [3.05, 3.63) is 27.9 Å². The Hall–Kier alpha value is -1.59. The number of nitrogens with zero attached hydrogens (tertiary/aromatic N) is 2. The summed E-state index contributed by atoms with van der Waals surface area (Å²) < 4.78 is 4.93. The maximum atomic E-state index is 11.2. The van der Waals surface area contributed by atoms with Crippen LogP contribution in [-0.4, -0.2) is 23.0 Å². The van der Waals surface area contributed by atoms with Crippen LogP contribution < -0.4 is 10.5 Å². The van der Waals surface area contributed by atoms with Gasteiger partial charge < -0.3 is 10.5 Å². The summed E-state index contributed by atoms with van der Waals surface area (Å²) in [6, 6.07) is 3.05. The maximum absolute atomic E-state index is 11.2. The van der Waals surface area contributed by atoms with Crippen molar-refractivity contribution < 1.29 is 9.53 Å². The highest BCUT2D eigenvalue weighted by Crippen LogP contribution is 2.27. The van der Waals surface area contributed by atoms with Gasteiger partial charge in [0.1, 0.15) is 0 Å². The molecule has 0 saturated heterocycles. The van der Waals surface area contributed by atoms with E-state index in [2.05, 4.69) is 9.97 Å². The summed E-state index contributed by atoms with van der Waals surface area (Å²) in [5.41, 5.74) is 6.02. The van der Waals surface area contributed by atoms with Gasteiger partial charge in [-0.15, -0.1) is 0 Å². The van der Waals surface area contributed by atoms with Gasteiger partial charge in [-0.05, 0) is 12.1 Å². The zero-order chi connectivity index (χ0) is 12.6. The molecule has 0 radical (unpaired) electrons. The van der Waals surface area contributed by atoms with Gasteiger partial charge >= 0.3 is 0 Å². The van der Waals surface area contributed by atoms with E-state index >= 15 is 0 Å². The normalized spacial score (nSPS) is 10.5. The number of nitrogens with two attached hydrogens (primary N) is 1. The molecule has 2 aromatic rings. The first-order valence-corrected chi connectivity index (χ1v) is 5.29. The van der Waals surface area contributed by atoms with Gasteiger partial charge in [-0.25, -0.2) is 9.97 Å². The molecule has 1 aromatic heterocycles. The van der Waals surface area contributed by atoms with Crippen molar-refractivity contribution >= 4 is 40.1 Å². The molecule has 0 bridgehead atoms. The standard InChI is InChI=1S/C10H7Cl2N3O2/c1-17-10-8(9(13)16)14-6-2-4(11)5(12)3-7(6)15-10/h2-3H,1H3,(H2,13,16). The summed E-state index contributed by atoms with van der Waals surface area (Å²) in [6.07, 6.45) is 0. The zero-order valence-corrected chi connectivity index (χ0v) is 10.2.